The van der Waals surface area contributed by atoms with Crippen LogP contribution in [0.4, 0.5) is 16.2 Å². The lowest BCUT2D eigenvalue weighted by Gasteiger charge is -2.32. The first kappa shape index (κ1) is 18.0. The Bertz CT molecular complexity index is 761. The number of nitrogens with zero attached hydrogens (tertiary/aromatic N) is 1. The zero-order valence-corrected chi connectivity index (χ0v) is 15.1. The van der Waals surface area contributed by atoms with Crippen molar-refractivity contribution in [3.05, 3.63) is 60.2 Å². The number of rotatable bonds is 4. The number of carbonyl (C=O) groups is 2. The quantitative estimate of drug-likeness (QED) is 0.870. The normalized spacial score (nSPS) is 16.8. The van der Waals surface area contributed by atoms with Crippen LogP contribution in [0.25, 0.3) is 0 Å². The molecule has 1 fully saturated rings. The summed E-state index contributed by atoms with van der Waals surface area (Å²) in [5, 5.41) is 5.94. The molecule has 2 aromatic carbocycles. The number of benzene rings is 2. The molecule has 3 amide bonds. The van der Waals surface area contributed by atoms with E-state index in [-0.39, 0.29) is 17.9 Å². The Balaban J connectivity index is 1.60. The maximum absolute atomic E-state index is 12.7. The molecule has 136 valence electrons. The summed E-state index contributed by atoms with van der Waals surface area (Å²) in [6, 6.07) is 17.1. The molecule has 0 aromatic heterocycles. The van der Waals surface area contributed by atoms with E-state index in [9.17, 15) is 9.59 Å². The van der Waals surface area contributed by atoms with Gasteiger partial charge >= 0.3 is 6.03 Å². The first-order valence-corrected chi connectivity index (χ1v) is 9.17. The van der Waals surface area contributed by atoms with E-state index in [0.29, 0.717) is 13.1 Å². The van der Waals surface area contributed by atoms with Gasteiger partial charge in [0.1, 0.15) is 0 Å². The van der Waals surface area contributed by atoms with Gasteiger partial charge in [-0.1, -0.05) is 43.3 Å². The van der Waals surface area contributed by atoms with Crippen molar-refractivity contribution in [2.24, 2.45) is 5.92 Å². The minimum absolute atomic E-state index is 0.0110. The predicted octanol–water partition coefficient (Wildman–Crippen LogP) is 4.13. The molecule has 0 spiro atoms. The third-order valence-corrected chi connectivity index (χ3v) is 4.76. The number of anilines is 2. The van der Waals surface area contributed by atoms with Crippen LogP contribution in [0.1, 0.15) is 25.3 Å². The zero-order chi connectivity index (χ0) is 18.4. The largest absolute Gasteiger partial charge is 0.326 e. The molecule has 1 heterocycles. The molecule has 1 saturated heterocycles. The number of carbonyl (C=O) groups excluding carboxylic acids is 2. The number of para-hydroxylation sites is 2. The summed E-state index contributed by atoms with van der Waals surface area (Å²) >= 11 is 0. The first-order chi connectivity index (χ1) is 12.7. The van der Waals surface area contributed by atoms with Crippen molar-refractivity contribution in [2.45, 2.75) is 26.2 Å². The van der Waals surface area contributed by atoms with Gasteiger partial charge in [0, 0.05) is 24.5 Å². The number of amides is 3. The molecule has 1 atom stereocenters. The number of hydrogen-bond donors (Lipinski definition) is 2. The molecule has 1 unspecified atom stereocenters. The summed E-state index contributed by atoms with van der Waals surface area (Å²) in [4.78, 5) is 26.9. The van der Waals surface area contributed by atoms with Gasteiger partial charge in [0.2, 0.25) is 5.91 Å². The monoisotopic (exact) mass is 351 g/mol. The molecule has 0 saturated carbocycles. The van der Waals surface area contributed by atoms with Crippen molar-refractivity contribution in [3.8, 4) is 0 Å². The van der Waals surface area contributed by atoms with E-state index in [1.165, 1.54) is 0 Å². The summed E-state index contributed by atoms with van der Waals surface area (Å²) in [5.74, 6) is -0.196. The fraction of sp³-hybridized carbons (Fsp3) is 0.333. The minimum atomic E-state index is -0.185. The average molecular weight is 351 g/mol. The maximum atomic E-state index is 12.7. The first-order valence-electron chi connectivity index (χ1n) is 9.17. The smallest absolute Gasteiger partial charge is 0.321 e. The molecule has 1 aliphatic rings. The highest BCUT2D eigenvalue weighted by atomic mass is 16.2. The second-order valence-electron chi connectivity index (χ2n) is 6.58. The number of aryl methyl sites for hydroxylation is 1. The van der Waals surface area contributed by atoms with Crippen LogP contribution >= 0.6 is 0 Å². The summed E-state index contributed by atoms with van der Waals surface area (Å²) in [7, 11) is 0. The highest BCUT2D eigenvalue weighted by Crippen LogP contribution is 2.22. The van der Waals surface area contributed by atoms with Crippen LogP contribution in [0.15, 0.2) is 54.6 Å². The van der Waals surface area contributed by atoms with Gasteiger partial charge in [-0.05, 0) is 43.0 Å². The predicted molar refractivity (Wildman–Crippen MR) is 104 cm³/mol. The highest BCUT2D eigenvalue weighted by Gasteiger charge is 2.28. The highest BCUT2D eigenvalue weighted by molar-refractivity contribution is 5.94. The fourth-order valence-corrected chi connectivity index (χ4v) is 3.28. The molecule has 2 N–H and O–H groups in total. The van der Waals surface area contributed by atoms with Gasteiger partial charge in [-0.15, -0.1) is 0 Å². The third-order valence-electron chi connectivity index (χ3n) is 4.76. The summed E-state index contributed by atoms with van der Waals surface area (Å²) in [6.45, 7) is 3.19. The Hall–Kier alpha value is -2.82. The molecular formula is C21H25N3O2. The summed E-state index contributed by atoms with van der Waals surface area (Å²) in [6.07, 6.45) is 2.50. The molecule has 5 heteroatoms. The SMILES string of the molecule is CCc1ccccc1NC(=O)C1CCCN(C(=O)Nc2ccccc2)C1. The van der Waals surface area contributed by atoms with E-state index in [1.807, 2.05) is 54.6 Å². The van der Waals surface area contributed by atoms with Gasteiger partial charge in [0.05, 0.1) is 5.92 Å². The molecule has 0 bridgehead atoms. The van der Waals surface area contributed by atoms with Crippen LogP contribution in [0.3, 0.4) is 0 Å². The lowest BCUT2D eigenvalue weighted by atomic mass is 9.97. The van der Waals surface area contributed by atoms with Crippen LogP contribution in [-0.4, -0.2) is 29.9 Å². The standard InChI is InChI=1S/C21H25N3O2/c1-2-16-9-6-7-13-19(16)23-20(25)17-10-8-14-24(15-17)21(26)22-18-11-4-3-5-12-18/h3-7,9,11-13,17H,2,8,10,14-15H2,1H3,(H,22,26)(H,23,25). The Kier molecular flexibility index (Phi) is 5.89. The zero-order valence-electron chi connectivity index (χ0n) is 15.1. The van der Waals surface area contributed by atoms with Crippen molar-refractivity contribution < 1.29 is 9.59 Å². The van der Waals surface area contributed by atoms with Crippen molar-refractivity contribution >= 4 is 23.3 Å². The Morgan fingerprint density at radius 3 is 2.54 bits per heavy atom. The van der Waals surface area contributed by atoms with Crippen LogP contribution in [0.2, 0.25) is 0 Å². The van der Waals surface area contributed by atoms with Crippen LogP contribution in [0.5, 0.6) is 0 Å². The van der Waals surface area contributed by atoms with E-state index in [2.05, 4.69) is 17.6 Å². The molecular weight excluding hydrogens is 326 g/mol. The molecule has 3 rings (SSSR count). The lowest BCUT2D eigenvalue weighted by molar-refractivity contribution is -0.121. The van der Waals surface area contributed by atoms with Crippen molar-refractivity contribution in [3.63, 3.8) is 0 Å². The van der Waals surface area contributed by atoms with Crippen molar-refractivity contribution in [2.75, 3.05) is 23.7 Å². The van der Waals surface area contributed by atoms with Crippen LogP contribution in [-0.2, 0) is 11.2 Å². The van der Waals surface area contributed by atoms with E-state index >= 15 is 0 Å². The van der Waals surface area contributed by atoms with Crippen molar-refractivity contribution in [1.29, 1.82) is 0 Å². The van der Waals surface area contributed by atoms with Crippen LogP contribution in [0, 0.1) is 5.92 Å². The molecule has 26 heavy (non-hydrogen) atoms. The van der Waals surface area contributed by atoms with Gasteiger partial charge < -0.3 is 15.5 Å². The fourth-order valence-electron chi connectivity index (χ4n) is 3.28. The van der Waals surface area contributed by atoms with Gasteiger partial charge in [-0.25, -0.2) is 4.79 Å². The number of piperidine rings is 1. The number of urea groups is 1. The minimum Gasteiger partial charge on any atom is -0.326 e. The average Bonchev–Trinajstić information content (AvgIpc) is 2.69. The number of nitrogens with one attached hydrogen (secondary N) is 2. The Labute approximate surface area is 154 Å². The molecule has 5 nitrogen and oxygen atoms in total. The van der Waals surface area contributed by atoms with E-state index in [0.717, 1.165) is 36.2 Å². The summed E-state index contributed by atoms with van der Waals surface area (Å²) in [5.41, 5.74) is 2.75. The second kappa shape index (κ2) is 8.52. The molecule has 0 aliphatic carbocycles. The third kappa shape index (κ3) is 4.42. The van der Waals surface area contributed by atoms with E-state index in [1.54, 1.807) is 4.90 Å². The molecule has 2 aromatic rings. The topological polar surface area (TPSA) is 61.4 Å². The lowest BCUT2D eigenvalue weighted by Crippen LogP contribution is -2.45. The van der Waals surface area contributed by atoms with E-state index in [4.69, 9.17) is 0 Å². The van der Waals surface area contributed by atoms with Gasteiger partial charge in [-0.2, -0.15) is 0 Å². The molecule has 1 aliphatic heterocycles. The van der Waals surface area contributed by atoms with Gasteiger partial charge in [-0.3, -0.25) is 4.79 Å². The number of likely N-dealkylation sites (tertiary alicyclic amines) is 1. The molecule has 0 radical (unpaired) electrons. The summed E-state index contributed by atoms with van der Waals surface area (Å²) < 4.78 is 0. The van der Waals surface area contributed by atoms with Gasteiger partial charge in [0.15, 0.2) is 0 Å². The van der Waals surface area contributed by atoms with E-state index < -0.39 is 0 Å². The number of hydrogen-bond acceptors (Lipinski definition) is 2. The second-order valence-corrected chi connectivity index (χ2v) is 6.58. The maximum Gasteiger partial charge on any atom is 0.321 e. The van der Waals surface area contributed by atoms with Crippen molar-refractivity contribution in [1.82, 2.24) is 4.90 Å². The van der Waals surface area contributed by atoms with Crippen LogP contribution < -0.4 is 10.6 Å². The van der Waals surface area contributed by atoms with Gasteiger partial charge in [0.25, 0.3) is 0 Å². The Morgan fingerprint density at radius 2 is 1.77 bits per heavy atom. The Morgan fingerprint density at radius 1 is 1.04 bits per heavy atom.